The number of nitrogens with zero attached hydrogens (tertiary/aromatic N) is 2. The van der Waals surface area contributed by atoms with Gasteiger partial charge in [0.1, 0.15) is 5.02 Å². The van der Waals surface area contributed by atoms with Crippen molar-refractivity contribution in [1.29, 1.82) is 5.26 Å². The second kappa shape index (κ2) is 7.50. The highest BCUT2D eigenvalue weighted by Crippen LogP contribution is 2.25. The van der Waals surface area contributed by atoms with Gasteiger partial charge in [-0.2, -0.15) is 5.26 Å². The van der Waals surface area contributed by atoms with Gasteiger partial charge in [-0.1, -0.05) is 11.6 Å². The van der Waals surface area contributed by atoms with E-state index in [-0.39, 0.29) is 21.4 Å². The van der Waals surface area contributed by atoms with Gasteiger partial charge in [-0.3, -0.25) is 20.2 Å². The third kappa shape index (κ3) is 4.25. The van der Waals surface area contributed by atoms with E-state index in [0.717, 1.165) is 6.07 Å². The van der Waals surface area contributed by atoms with Crippen LogP contribution in [0.2, 0.25) is 5.02 Å². The lowest BCUT2D eigenvalue weighted by atomic mass is 10.2. The number of nitro groups is 1. The highest BCUT2D eigenvalue weighted by molar-refractivity contribution is 7.80. The summed E-state index contributed by atoms with van der Waals surface area (Å²) in [5, 5.41) is 24.7. The Kier molecular flexibility index (Phi) is 5.42. The summed E-state index contributed by atoms with van der Waals surface area (Å²) < 4.78 is 0. The van der Waals surface area contributed by atoms with E-state index in [1.165, 1.54) is 12.1 Å². The Morgan fingerprint density at radius 3 is 2.50 bits per heavy atom. The van der Waals surface area contributed by atoms with Gasteiger partial charge in [0.05, 0.1) is 16.6 Å². The van der Waals surface area contributed by atoms with Crippen LogP contribution in [0.3, 0.4) is 0 Å². The molecule has 0 aliphatic rings. The number of amides is 1. The van der Waals surface area contributed by atoms with E-state index >= 15 is 0 Å². The summed E-state index contributed by atoms with van der Waals surface area (Å²) in [4.78, 5) is 22.3. The Morgan fingerprint density at radius 1 is 1.25 bits per heavy atom. The molecule has 1 amide bonds. The largest absolute Gasteiger partial charge is 0.332 e. The predicted octanol–water partition coefficient (Wildman–Crippen LogP) is 3.25. The van der Waals surface area contributed by atoms with Gasteiger partial charge in [-0.05, 0) is 48.6 Å². The Morgan fingerprint density at radius 2 is 1.92 bits per heavy atom. The van der Waals surface area contributed by atoms with Gasteiger partial charge in [0.25, 0.3) is 11.6 Å². The number of hydrogen-bond acceptors (Lipinski definition) is 5. The number of benzene rings is 2. The van der Waals surface area contributed by atoms with Crippen molar-refractivity contribution >= 4 is 46.2 Å². The second-order valence-electron chi connectivity index (χ2n) is 4.52. The molecular formula is C15H9ClN4O3S. The zero-order valence-corrected chi connectivity index (χ0v) is 13.5. The van der Waals surface area contributed by atoms with E-state index in [0.29, 0.717) is 11.3 Å². The number of carbonyl (C=O) groups is 1. The molecule has 2 aromatic rings. The van der Waals surface area contributed by atoms with E-state index in [9.17, 15) is 14.9 Å². The van der Waals surface area contributed by atoms with E-state index in [1.54, 1.807) is 24.3 Å². The maximum Gasteiger partial charge on any atom is 0.288 e. The van der Waals surface area contributed by atoms with Crippen LogP contribution in [0.25, 0.3) is 0 Å². The van der Waals surface area contributed by atoms with Crippen LogP contribution in [0.1, 0.15) is 15.9 Å². The van der Waals surface area contributed by atoms with Gasteiger partial charge in [-0.15, -0.1) is 0 Å². The highest BCUT2D eigenvalue weighted by Gasteiger charge is 2.16. The summed E-state index contributed by atoms with van der Waals surface area (Å²) in [6.45, 7) is 0. The van der Waals surface area contributed by atoms with E-state index in [2.05, 4.69) is 10.6 Å². The summed E-state index contributed by atoms with van der Waals surface area (Å²) in [7, 11) is 0. The lowest BCUT2D eigenvalue weighted by Crippen LogP contribution is -2.34. The van der Waals surface area contributed by atoms with Crippen molar-refractivity contribution in [2.75, 3.05) is 5.32 Å². The number of carbonyl (C=O) groups excluding carboxylic acids is 1. The highest BCUT2D eigenvalue weighted by atomic mass is 35.5. The number of nitro benzene ring substituents is 1. The monoisotopic (exact) mass is 360 g/mol. The standard InChI is InChI=1S/C15H9ClN4O3S/c16-12-6-3-10(7-13(12)20(22)23)14(21)19-15(24)18-11-4-1-9(8-17)2-5-11/h1-7H,(H2,18,19,21,24). The first-order valence-corrected chi connectivity index (χ1v) is 7.26. The lowest BCUT2D eigenvalue weighted by Gasteiger charge is -2.09. The molecule has 2 rings (SSSR count). The summed E-state index contributed by atoms with van der Waals surface area (Å²) >= 11 is 10.7. The number of thiocarbonyl (C=S) groups is 1. The molecule has 0 radical (unpaired) electrons. The van der Waals surface area contributed by atoms with Crippen LogP contribution in [0, 0.1) is 21.4 Å². The smallest absolute Gasteiger partial charge is 0.288 e. The van der Waals surface area contributed by atoms with Gasteiger partial charge in [0, 0.05) is 17.3 Å². The quantitative estimate of drug-likeness (QED) is 0.494. The van der Waals surface area contributed by atoms with Crippen LogP contribution < -0.4 is 10.6 Å². The molecule has 0 heterocycles. The Bertz CT molecular complexity index is 862. The molecule has 0 bridgehead atoms. The van der Waals surface area contributed by atoms with Crippen molar-refractivity contribution in [3.8, 4) is 6.07 Å². The van der Waals surface area contributed by atoms with Gasteiger partial charge in [-0.25, -0.2) is 0 Å². The first kappa shape index (κ1) is 17.3. The number of rotatable bonds is 3. The molecule has 0 aliphatic heterocycles. The maximum absolute atomic E-state index is 12.1. The van der Waals surface area contributed by atoms with Crippen molar-refractivity contribution in [3.05, 3.63) is 68.7 Å². The molecule has 0 saturated heterocycles. The normalized spacial score (nSPS) is 9.67. The number of nitrogens with one attached hydrogen (secondary N) is 2. The molecule has 24 heavy (non-hydrogen) atoms. The Hall–Kier alpha value is -3.02. The first-order chi connectivity index (χ1) is 11.4. The third-order valence-electron chi connectivity index (χ3n) is 2.90. The first-order valence-electron chi connectivity index (χ1n) is 6.47. The van der Waals surface area contributed by atoms with Gasteiger partial charge in [0.2, 0.25) is 0 Å². The molecule has 7 nitrogen and oxygen atoms in total. The molecule has 0 fully saturated rings. The fourth-order valence-electron chi connectivity index (χ4n) is 1.76. The van der Waals surface area contributed by atoms with Crippen LogP contribution in [0.5, 0.6) is 0 Å². The molecule has 0 atom stereocenters. The summed E-state index contributed by atoms with van der Waals surface area (Å²) in [5.41, 5.74) is 0.760. The third-order valence-corrected chi connectivity index (χ3v) is 3.43. The minimum Gasteiger partial charge on any atom is -0.332 e. The van der Waals surface area contributed by atoms with E-state index in [1.807, 2.05) is 6.07 Å². The average Bonchev–Trinajstić information content (AvgIpc) is 2.55. The number of halogens is 1. The molecule has 0 aromatic heterocycles. The van der Waals surface area contributed by atoms with Crippen LogP contribution >= 0.6 is 23.8 Å². The summed E-state index contributed by atoms with van der Waals surface area (Å²) in [6.07, 6.45) is 0. The SMILES string of the molecule is N#Cc1ccc(NC(=S)NC(=O)c2ccc(Cl)c([N+](=O)[O-])c2)cc1. The molecule has 0 aliphatic carbocycles. The molecule has 0 spiro atoms. The van der Waals surface area contributed by atoms with Crippen LogP contribution in [-0.2, 0) is 0 Å². The van der Waals surface area contributed by atoms with Crippen molar-refractivity contribution < 1.29 is 9.72 Å². The van der Waals surface area contributed by atoms with Crippen molar-refractivity contribution in [2.45, 2.75) is 0 Å². The average molecular weight is 361 g/mol. The van der Waals surface area contributed by atoms with Crippen LogP contribution in [0.4, 0.5) is 11.4 Å². The lowest BCUT2D eigenvalue weighted by molar-refractivity contribution is -0.384. The zero-order valence-electron chi connectivity index (χ0n) is 11.9. The zero-order chi connectivity index (χ0) is 17.7. The maximum atomic E-state index is 12.1. The van der Waals surface area contributed by atoms with Crippen LogP contribution in [-0.4, -0.2) is 15.9 Å². The summed E-state index contributed by atoms with van der Waals surface area (Å²) in [5.74, 6) is -0.610. The molecule has 0 unspecified atom stereocenters. The Balaban J connectivity index is 2.06. The molecule has 9 heteroatoms. The molecule has 120 valence electrons. The van der Waals surface area contributed by atoms with Gasteiger partial charge >= 0.3 is 0 Å². The van der Waals surface area contributed by atoms with E-state index < -0.39 is 10.8 Å². The predicted molar refractivity (Wildman–Crippen MR) is 93.0 cm³/mol. The molecule has 2 aromatic carbocycles. The van der Waals surface area contributed by atoms with Gasteiger partial charge < -0.3 is 5.32 Å². The number of anilines is 1. The number of nitriles is 1. The fraction of sp³-hybridized carbons (Fsp3) is 0. The van der Waals surface area contributed by atoms with Crippen LogP contribution in [0.15, 0.2) is 42.5 Å². The van der Waals surface area contributed by atoms with Gasteiger partial charge in [0.15, 0.2) is 5.11 Å². The minimum atomic E-state index is -0.674. The topological polar surface area (TPSA) is 108 Å². The van der Waals surface area contributed by atoms with Crippen molar-refractivity contribution in [2.24, 2.45) is 0 Å². The summed E-state index contributed by atoms with van der Waals surface area (Å²) in [6, 6.07) is 12.1. The van der Waals surface area contributed by atoms with Crippen molar-refractivity contribution in [3.63, 3.8) is 0 Å². The Labute approximate surface area is 147 Å². The molecule has 2 N–H and O–H groups in total. The second-order valence-corrected chi connectivity index (χ2v) is 5.34. The molecular weight excluding hydrogens is 352 g/mol. The fourth-order valence-corrected chi connectivity index (χ4v) is 2.16. The molecule has 0 saturated carbocycles. The number of hydrogen-bond donors (Lipinski definition) is 2. The van der Waals surface area contributed by atoms with E-state index in [4.69, 9.17) is 29.1 Å². The minimum absolute atomic E-state index is 0.0160. The van der Waals surface area contributed by atoms with Crippen molar-refractivity contribution in [1.82, 2.24) is 5.32 Å².